The highest BCUT2D eigenvalue weighted by molar-refractivity contribution is 6.21. The van der Waals surface area contributed by atoms with E-state index in [9.17, 15) is 0 Å². The lowest BCUT2D eigenvalue weighted by Crippen LogP contribution is -2.16. The molecule has 2 nitrogen and oxygen atoms in total. The molecule has 0 N–H and O–H groups in total. The standard InChI is InChI=1S/C17H21ClN2/c1-13-7-9-14(10-8-13)17(18)15-11-19-20(12-15)16-5-3-2-4-6-16/h2-6,11-14,17H,7-10H2,1H3. The molecule has 1 aromatic heterocycles. The van der Waals surface area contributed by atoms with Crippen LogP contribution in [0, 0.1) is 11.8 Å². The van der Waals surface area contributed by atoms with E-state index in [2.05, 4.69) is 30.4 Å². The molecule has 3 heteroatoms. The molecule has 1 saturated carbocycles. The Bertz CT molecular complexity index is 541. The number of rotatable bonds is 3. The third-order valence-corrected chi connectivity index (χ3v) is 5.02. The molecule has 1 fully saturated rings. The summed E-state index contributed by atoms with van der Waals surface area (Å²) in [6, 6.07) is 10.2. The van der Waals surface area contributed by atoms with E-state index in [1.807, 2.05) is 29.1 Å². The first-order valence-corrected chi connectivity index (χ1v) is 7.92. The maximum Gasteiger partial charge on any atom is 0.0645 e. The van der Waals surface area contributed by atoms with Gasteiger partial charge in [0, 0.05) is 11.8 Å². The van der Waals surface area contributed by atoms with Gasteiger partial charge in [-0.25, -0.2) is 4.68 Å². The van der Waals surface area contributed by atoms with Gasteiger partial charge in [-0.05, 0) is 36.8 Å². The quantitative estimate of drug-likeness (QED) is 0.729. The molecule has 20 heavy (non-hydrogen) atoms. The molecule has 2 aromatic rings. The summed E-state index contributed by atoms with van der Waals surface area (Å²) in [5, 5.41) is 4.55. The van der Waals surface area contributed by atoms with Crippen LogP contribution in [-0.4, -0.2) is 9.78 Å². The van der Waals surface area contributed by atoms with E-state index >= 15 is 0 Å². The Morgan fingerprint density at radius 3 is 2.55 bits per heavy atom. The molecule has 0 amide bonds. The number of halogens is 1. The lowest BCUT2D eigenvalue weighted by Gasteiger charge is -2.29. The maximum absolute atomic E-state index is 6.68. The van der Waals surface area contributed by atoms with Gasteiger partial charge in [-0.15, -0.1) is 11.6 Å². The summed E-state index contributed by atoms with van der Waals surface area (Å²) in [4.78, 5) is 0. The van der Waals surface area contributed by atoms with Crippen molar-refractivity contribution < 1.29 is 0 Å². The van der Waals surface area contributed by atoms with Crippen LogP contribution in [0.5, 0.6) is 0 Å². The predicted octanol–water partition coefficient (Wildman–Crippen LogP) is 4.98. The van der Waals surface area contributed by atoms with Gasteiger partial charge in [0.25, 0.3) is 0 Å². The molecule has 1 aliphatic carbocycles. The number of para-hydroxylation sites is 1. The van der Waals surface area contributed by atoms with Crippen molar-refractivity contribution in [3.8, 4) is 5.69 Å². The Morgan fingerprint density at radius 2 is 1.85 bits per heavy atom. The average Bonchev–Trinajstić information content (AvgIpc) is 2.98. The Morgan fingerprint density at radius 1 is 1.15 bits per heavy atom. The summed E-state index contributed by atoms with van der Waals surface area (Å²) in [6.45, 7) is 2.34. The number of nitrogens with zero attached hydrogens (tertiary/aromatic N) is 2. The first-order valence-electron chi connectivity index (χ1n) is 7.48. The van der Waals surface area contributed by atoms with Crippen LogP contribution in [-0.2, 0) is 0 Å². The van der Waals surface area contributed by atoms with Crippen LogP contribution in [0.4, 0.5) is 0 Å². The third kappa shape index (κ3) is 2.90. The van der Waals surface area contributed by atoms with E-state index in [4.69, 9.17) is 11.6 Å². The van der Waals surface area contributed by atoms with Gasteiger partial charge < -0.3 is 0 Å². The van der Waals surface area contributed by atoms with Crippen molar-refractivity contribution in [2.75, 3.05) is 0 Å². The summed E-state index contributed by atoms with van der Waals surface area (Å²) in [7, 11) is 0. The van der Waals surface area contributed by atoms with Crippen LogP contribution in [0.25, 0.3) is 5.69 Å². The first kappa shape index (κ1) is 13.7. The largest absolute Gasteiger partial charge is 0.241 e. The van der Waals surface area contributed by atoms with Gasteiger partial charge in [-0.2, -0.15) is 5.10 Å². The molecule has 1 atom stereocenters. The lowest BCUT2D eigenvalue weighted by atomic mass is 9.80. The molecule has 0 spiro atoms. The minimum atomic E-state index is 0.0972. The highest BCUT2D eigenvalue weighted by atomic mass is 35.5. The molecule has 3 rings (SSSR count). The zero-order valence-electron chi connectivity index (χ0n) is 11.9. The number of hydrogen-bond acceptors (Lipinski definition) is 1. The smallest absolute Gasteiger partial charge is 0.0645 e. The molecule has 0 bridgehead atoms. The maximum atomic E-state index is 6.68. The normalized spacial score (nSPS) is 24.5. The van der Waals surface area contributed by atoms with Crippen LogP contribution < -0.4 is 0 Å². The highest BCUT2D eigenvalue weighted by Crippen LogP contribution is 2.40. The van der Waals surface area contributed by atoms with E-state index in [1.165, 1.54) is 25.7 Å². The second-order valence-corrected chi connectivity index (χ2v) is 6.45. The first-order chi connectivity index (χ1) is 9.74. The predicted molar refractivity (Wildman–Crippen MR) is 83.3 cm³/mol. The molecule has 1 heterocycles. The third-order valence-electron chi connectivity index (χ3n) is 4.42. The van der Waals surface area contributed by atoms with Gasteiger partial charge in [0.1, 0.15) is 0 Å². The zero-order chi connectivity index (χ0) is 13.9. The Kier molecular flexibility index (Phi) is 4.11. The van der Waals surface area contributed by atoms with Gasteiger partial charge >= 0.3 is 0 Å². The van der Waals surface area contributed by atoms with Crippen molar-refractivity contribution >= 4 is 11.6 Å². The number of alkyl halides is 1. The van der Waals surface area contributed by atoms with E-state index in [1.54, 1.807) is 0 Å². The van der Waals surface area contributed by atoms with Crippen molar-refractivity contribution in [2.45, 2.75) is 38.0 Å². The number of hydrogen-bond donors (Lipinski definition) is 0. The van der Waals surface area contributed by atoms with Crippen LogP contribution in [0.1, 0.15) is 43.5 Å². The van der Waals surface area contributed by atoms with Gasteiger partial charge in [-0.3, -0.25) is 0 Å². The van der Waals surface area contributed by atoms with Crippen LogP contribution in [0.2, 0.25) is 0 Å². The number of aromatic nitrogens is 2. The van der Waals surface area contributed by atoms with Crippen LogP contribution in [0.15, 0.2) is 42.7 Å². The fourth-order valence-electron chi connectivity index (χ4n) is 3.05. The van der Waals surface area contributed by atoms with Crippen LogP contribution >= 0.6 is 11.6 Å². The van der Waals surface area contributed by atoms with Crippen molar-refractivity contribution in [1.82, 2.24) is 9.78 Å². The highest BCUT2D eigenvalue weighted by Gasteiger charge is 2.26. The van der Waals surface area contributed by atoms with Gasteiger partial charge in [0.15, 0.2) is 0 Å². The fraction of sp³-hybridized carbons (Fsp3) is 0.471. The summed E-state index contributed by atoms with van der Waals surface area (Å²) in [6.07, 6.45) is 9.09. The fourth-order valence-corrected chi connectivity index (χ4v) is 3.42. The molecular weight excluding hydrogens is 268 g/mol. The molecular formula is C17H21ClN2. The molecule has 1 aromatic carbocycles. The summed E-state index contributed by atoms with van der Waals surface area (Å²) in [5.74, 6) is 1.46. The van der Waals surface area contributed by atoms with E-state index in [0.717, 1.165) is 17.2 Å². The SMILES string of the molecule is CC1CCC(C(Cl)c2cnn(-c3ccccc3)c2)CC1. The minimum Gasteiger partial charge on any atom is -0.241 e. The topological polar surface area (TPSA) is 17.8 Å². The van der Waals surface area contributed by atoms with E-state index in [0.29, 0.717) is 5.92 Å². The van der Waals surface area contributed by atoms with Crippen molar-refractivity contribution in [3.63, 3.8) is 0 Å². The van der Waals surface area contributed by atoms with Gasteiger partial charge in [-0.1, -0.05) is 38.0 Å². The summed E-state index contributed by atoms with van der Waals surface area (Å²) < 4.78 is 1.91. The second-order valence-electron chi connectivity index (χ2n) is 5.98. The summed E-state index contributed by atoms with van der Waals surface area (Å²) in [5.41, 5.74) is 2.23. The summed E-state index contributed by atoms with van der Waals surface area (Å²) >= 11 is 6.68. The molecule has 0 radical (unpaired) electrons. The van der Waals surface area contributed by atoms with Crippen molar-refractivity contribution in [1.29, 1.82) is 0 Å². The molecule has 0 aliphatic heterocycles. The monoisotopic (exact) mass is 288 g/mol. The Balaban J connectivity index is 1.73. The minimum absolute atomic E-state index is 0.0972. The molecule has 1 unspecified atom stereocenters. The second kappa shape index (κ2) is 6.01. The Labute approximate surface area is 125 Å². The van der Waals surface area contributed by atoms with Crippen molar-refractivity contribution in [2.24, 2.45) is 11.8 Å². The van der Waals surface area contributed by atoms with E-state index in [-0.39, 0.29) is 5.38 Å². The zero-order valence-corrected chi connectivity index (χ0v) is 12.6. The Hall–Kier alpha value is -1.28. The van der Waals surface area contributed by atoms with Crippen molar-refractivity contribution in [3.05, 3.63) is 48.3 Å². The number of benzene rings is 1. The van der Waals surface area contributed by atoms with Gasteiger partial charge in [0.2, 0.25) is 0 Å². The lowest BCUT2D eigenvalue weighted by molar-refractivity contribution is 0.283. The van der Waals surface area contributed by atoms with Crippen LogP contribution in [0.3, 0.4) is 0 Å². The van der Waals surface area contributed by atoms with E-state index < -0.39 is 0 Å². The van der Waals surface area contributed by atoms with Gasteiger partial charge in [0.05, 0.1) is 17.3 Å². The molecule has 1 aliphatic rings. The average molecular weight is 289 g/mol. The molecule has 0 saturated heterocycles. The molecule has 106 valence electrons.